The van der Waals surface area contributed by atoms with Crippen LogP contribution in [0.4, 0.5) is 0 Å². The third-order valence-electron chi connectivity index (χ3n) is 3.11. The summed E-state index contributed by atoms with van der Waals surface area (Å²) in [6.07, 6.45) is 2.75. The van der Waals surface area contributed by atoms with Crippen LogP contribution in [0.5, 0.6) is 5.75 Å². The predicted octanol–water partition coefficient (Wildman–Crippen LogP) is 3.74. The summed E-state index contributed by atoms with van der Waals surface area (Å²) in [5.41, 5.74) is 3.40. The van der Waals surface area contributed by atoms with Crippen LogP contribution in [0.25, 0.3) is 0 Å². The summed E-state index contributed by atoms with van der Waals surface area (Å²) in [6.45, 7) is 2.07. The molecular formula is C16H18O. The molecule has 0 spiro atoms. The molecule has 2 rings (SSSR count). The van der Waals surface area contributed by atoms with E-state index in [0.717, 1.165) is 30.4 Å². The standard InChI is InChI=1S/C16H18O/c1-2-14-9-6-10-15(16(14)17)12-11-13-7-4-3-5-8-13/h3-10,17H,2,11-12H2,1H3. The Bertz CT molecular complexity index is 474. The van der Waals surface area contributed by atoms with Crippen LogP contribution in [0.15, 0.2) is 48.5 Å². The Labute approximate surface area is 103 Å². The number of phenolic OH excluding ortho intramolecular Hbond substituents is 1. The van der Waals surface area contributed by atoms with Crippen molar-refractivity contribution in [3.05, 3.63) is 65.2 Å². The average Bonchev–Trinajstić information content (AvgIpc) is 2.39. The molecule has 0 aromatic heterocycles. The number of para-hydroxylation sites is 1. The highest BCUT2D eigenvalue weighted by molar-refractivity contribution is 5.40. The Morgan fingerprint density at radius 1 is 0.824 bits per heavy atom. The van der Waals surface area contributed by atoms with Crippen molar-refractivity contribution in [2.75, 3.05) is 0 Å². The Morgan fingerprint density at radius 3 is 2.24 bits per heavy atom. The zero-order valence-electron chi connectivity index (χ0n) is 10.2. The summed E-state index contributed by atoms with van der Waals surface area (Å²) in [6, 6.07) is 16.4. The van der Waals surface area contributed by atoms with Crippen LogP contribution in [0.2, 0.25) is 0 Å². The average molecular weight is 226 g/mol. The highest BCUT2D eigenvalue weighted by Gasteiger charge is 2.05. The minimum atomic E-state index is 0.478. The molecule has 0 saturated heterocycles. The van der Waals surface area contributed by atoms with Gasteiger partial charge in [0, 0.05) is 0 Å². The van der Waals surface area contributed by atoms with Gasteiger partial charge >= 0.3 is 0 Å². The van der Waals surface area contributed by atoms with Crippen LogP contribution in [0.3, 0.4) is 0 Å². The molecule has 0 saturated carbocycles. The minimum Gasteiger partial charge on any atom is -0.507 e. The maximum absolute atomic E-state index is 10.1. The van der Waals surface area contributed by atoms with Crippen molar-refractivity contribution in [2.24, 2.45) is 0 Å². The largest absolute Gasteiger partial charge is 0.507 e. The van der Waals surface area contributed by atoms with Gasteiger partial charge in [0.15, 0.2) is 0 Å². The van der Waals surface area contributed by atoms with Gasteiger partial charge in [0.2, 0.25) is 0 Å². The van der Waals surface area contributed by atoms with Crippen LogP contribution in [-0.2, 0) is 19.3 Å². The molecule has 0 amide bonds. The van der Waals surface area contributed by atoms with E-state index in [1.165, 1.54) is 5.56 Å². The van der Waals surface area contributed by atoms with E-state index in [1.807, 2.05) is 24.3 Å². The Morgan fingerprint density at radius 2 is 1.53 bits per heavy atom. The lowest BCUT2D eigenvalue weighted by atomic mass is 10.0. The lowest BCUT2D eigenvalue weighted by Crippen LogP contribution is -1.93. The molecule has 2 aromatic rings. The number of benzene rings is 2. The van der Waals surface area contributed by atoms with Gasteiger partial charge in [0.25, 0.3) is 0 Å². The first-order valence-electron chi connectivity index (χ1n) is 6.15. The van der Waals surface area contributed by atoms with Gasteiger partial charge in [-0.1, -0.05) is 55.5 Å². The van der Waals surface area contributed by atoms with Crippen molar-refractivity contribution in [3.63, 3.8) is 0 Å². The van der Waals surface area contributed by atoms with Gasteiger partial charge in [-0.05, 0) is 36.0 Å². The number of phenols is 1. The summed E-state index contributed by atoms with van der Waals surface area (Å²) in [7, 11) is 0. The predicted molar refractivity (Wildman–Crippen MR) is 71.3 cm³/mol. The van der Waals surface area contributed by atoms with E-state index in [-0.39, 0.29) is 0 Å². The molecule has 2 aromatic carbocycles. The van der Waals surface area contributed by atoms with Gasteiger partial charge in [-0.2, -0.15) is 0 Å². The second kappa shape index (κ2) is 5.53. The van der Waals surface area contributed by atoms with E-state index in [9.17, 15) is 5.11 Å². The summed E-state index contributed by atoms with van der Waals surface area (Å²) < 4.78 is 0. The zero-order valence-corrected chi connectivity index (χ0v) is 10.2. The van der Waals surface area contributed by atoms with E-state index in [2.05, 4.69) is 31.2 Å². The highest BCUT2D eigenvalue weighted by Crippen LogP contribution is 2.24. The first-order valence-corrected chi connectivity index (χ1v) is 6.15. The van der Waals surface area contributed by atoms with Crippen LogP contribution < -0.4 is 0 Å². The first-order chi connectivity index (χ1) is 8.31. The molecule has 0 radical (unpaired) electrons. The first kappa shape index (κ1) is 11.7. The monoisotopic (exact) mass is 226 g/mol. The summed E-state index contributed by atoms with van der Waals surface area (Å²) in [4.78, 5) is 0. The Kier molecular flexibility index (Phi) is 3.81. The number of hydrogen-bond donors (Lipinski definition) is 1. The van der Waals surface area contributed by atoms with E-state index >= 15 is 0 Å². The zero-order chi connectivity index (χ0) is 12.1. The number of aromatic hydroxyl groups is 1. The third-order valence-corrected chi connectivity index (χ3v) is 3.11. The van der Waals surface area contributed by atoms with Gasteiger partial charge in [-0.15, -0.1) is 0 Å². The van der Waals surface area contributed by atoms with Crippen molar-refractivity contribution in [1.29, 1.82) is 0 Å². The van der Waals surface area contributed by atoms with Crippen molar-refractivity contribution in [1.82, 2.24) is 0 Å². The molecule has 0 aliphatic carbocycles. The molecular weight excluding hydrogens is 208 g/mol. The third kappa shape index (κ3) is 2.88. The molecule has 88 valence electrons. The molecule has 1 N–H and O–H groups in total. The van der Waals surface area contributed by atoms with E-state index in [1.54, 1.807) is 0 Å². The summed E-state index contributed by atoms with van der Waals surface area (Å²) in [5.74, 6) is 0.478. The maximum atomic E-state index is 10.1. The quantitative estimate of drug-likeness (QED) is 0.842. The van der Waals surface area contributed by atoms with Gasteiger partial charge in [-0.25, -0.2) is 0 Å². The molecule has 0 aliphatic rings. The van der Waals surface area contributed by atoms with E-state index in [4.69, 9.17) is 0 Å². The molecule has 1 heteroatoms. The molecule has 0 aliphatic heterocycles. The molecule has 0 bridgehead atoms. The van der Waals surface area contributed by atoms with E-state index < -0.39 is 0 Å². The van der Waals surface area contributed by atoms with Gasteiger partial charge < -0.3 is 5.11 Å². The van der Waals surface area contributed by atoms with Gasteiger partial charge in [0.05, 0.1) is 0 Å². The number of aryl methyl sites for hydroxylation is 3. The molecule has 17 heavy (non-hydrogen) atoms. The second-order valence-corrected chi connectivity index (χ2v) is 4.26. The summed E-state index contributed by atoms with van der Waals surface area (Å²) in [5, 5.41) is 10.1. The van der Waals surface area contributed by atoms with Crippen LogP contribution in [0.1, 0.15) is 23.6 Å². The van der Waals surface area contributed by atoms with Crippen LogP contribution in [0, 0.1) is 0 Å². The maximum Gasteiger partial charge on any atom is 0.121 e. The van der Waals surface area contributed by atoms with Crippen molar-refractivity contribution in [3.8, 4) is 5.75 Å². The molecule has 0 unspecified atom stereocenters. The SMILES string of the molecule is CCc1cccc(CCc2ccccc2)c1O. The topological polar surface area (TPSA) is 20.2 Å². The number of hydrogen-bond acceptors (Lipinski definition) is 1. The van der Waals surface area contributed by atoms with Crippen molar-refractivity contribution in [2.45, 2.75) is 26.2 Å². The fourth-order valence-electron chi connectivity index (χ4n) is 2.06. The molecule has 0 atom stereocenters. The molecule has 1 nitrogen and oxygen atoms in total. The lowest BCUT2D eigenvalue weighted by Gasteiger charge is -2.08. The van der Waals surface area contributed by atoms with Gasteiger partial charge in [0.1, 0.15) is 5.75 Å². The van der Waals surface area contributed by atoms with Crippen LogP contribution in [-0.4, -0.2) is 5.11 Å². The summed E-state index contributed by atoms with van der Waals surface area (Å²) >= 11 is 0. The molecule has 0 fully saturated rings. The second-order valence-electron chi connectivity index (χ2n) is 4.26. The Balaban J connectivity index is 2.09. The minimum absolute atomic E-state index is 0.478. The highest BCUT2D eigenvalue weighted by atomic mass is 16.3. The normalized spacial score (nSPS) is 10.4. The number of rotatable bonds is 4. The smallest absolute Gasteiger partial charge is 0.121 e. The van der Waals surface area contributed by atoms with E-state index in [0.29, 0.717) is 5.75 Å². The fourth-order valence-corrected chi connectivity index (χ4v) is 2.06. The van der Waals surface area contributed by atoms with Crippen LogP contribution >= 0.6 is 0 Å². The van der Waals surface area contributed by atoms with Crippen molar-refractivity contribution < 1.29 is 5.11 Å². The van der Waals surface area contributed by atoms with Gasteiger partial charge in [-0.3, -0.25) is 0 Å². The fraction of sp³-hybridized carbons (Fsp3) is 0.250. The Hall–Kier alpha value is -1.76. The lowest BCUT2D eigenvalue weighted by molar-refractivity contribution is 0.461. The molecule has 0 heterocycles. The van der Waals surface area contributed by atoms with Crippen molar-refractivity contribution >= 4 is 0 Å².